The lowest BCUT2D eigenvalue weighted by molar-refractivity contribution is -0.136. The van der Waals surface area contributed by atoms with Gasteiger partial charge in [-0.15, -0.1) is 0 Å². The van der Waals surface area contributed by atoms with E-state index >= 15 is 0 Å². The molecule has 0 aromatic carbocycles. The third-order valence-electron chi connectivity index (χ3n) is 3.55. The zero-order valence-electron chi connectivity index (χ0n) is 12.4. The molecule has 0 atom stereocenters. The fourth-order valence-electron chi connectivity index (χ4n) is 2.12. The molecule has 2 nitrogen and oxygen atoms in total. The SMILES string of the molecule is CCCCCCCCCCC(C)=C(C)CC(=O)O. The predicted octanol–water partition coefficient (Wildman–Crippen LogP) is 5.33. The average molecular weight is 254 g/mol. The van der Waals surface area contributed by atoms with E-state index in [0.29, 0.717) is 0 Å². The molecule has 0 fully saturated rings. The minimum Gasteiger partial charge on any atom is -0.481 e. The van der Waals surface area contributed by atoms with E-state index < -0.39 is 5.97 Å². The van der Waals surface area contributed by atoms with Crippen molar-refractivity contribution in [1.82, 2.24) is 0 Å². The number of hydrogen-bond donors (Lipinski definition) is 1. The molecular weight excluding hydrogens is 224 g/mol. The van der Waals surface area contributed by atoms with Gasteiger partial charge in [0.15, 0.2) is 0 Å². The summed E-state index contributed by atoms with van der Waals surface area (Å²) in [5, 5.41) is 8.71. The summed E-state index contributed by atoms with van der Waals surface area (Å²) in [4.78, 5) is 10.6. The van der Waals surface area contributed by atoms with Gasteiger partial charge in [-0.1, -0.05) is 63.0 Å². The Hall–Kier alpha value is -0.790. The zero-order valence-corrected chi connectivity index (χ0v) is 12.4. The van der Waals surface area contributed by atoms with Gasteiger partial charge in [0.25, 0.3) is 0 Å². The van der Waals surface area contributed by atoms with E-state index in [1.165, 1.54) is 56.9 Å². The molecule has 0 radical (unpaired) electrons. The molecule has 0 amide bonds. The zero-order chi connectivity index (χ0) is 13.8. The largest absolute Gasteiger partial charge is 0.481 e. The number of hydrogen-bond acceptors (Lipinski definition) is 1. The molecule has 0 heterocycles. The molecule has 0 aliphatic carbocycles. The molecule has 0 aliphatic rings. The lowest BCUT2D eigenvalue weighted by atomic mass is 10.0. The second kappa shape index (κ2) is 11.3. The van der Waals surface area contributed by atoms with E-state index in [1.807, 2.05) is 6.92 Å². The summed E-state index contributed by atoms with van der Waals surface area (Å²) < 4.78 is 0. The Labute approximate surface area is 112 Å². The highest BCUT2D eigenvalue weighted by molar-refractivity contribution is 5.70. The maximum Gasteiger partial charge on any atom is 0.307 e. The van der Waals surface area contributed by atoms with Crippen molar-refractivity contribution in [1.29, 1.82) is 0 Å². The molecule has 0 aromatic heterocycles. The van der Waals surface area contributed by atoms with Crippen LogP contribution in [-0.4, -0.2) is 11.1 Å². The smallest absolute Gasteiger partial charge is 0.307 e. The van der Waals surface area contributed by atoms with Crippen LogP contribution in [0.15, 0.2) is 11.1 Å². The molecular formula is C16H30O2. The van der Waals surface area contributed by atoms with Crippen LogP contribution in [0.5, 0.6) is 0 Å². The quantitative estimate of drug-likeness (QED) is 0.400. The number of rotatable bonds is 11. The Bertz CT molecular complexity index is 254. The van der Waals surface area contributed by atoms with Crippen LogP contribution in [0.2, 0.25) is 0 Å². The molecule has 0 spiro atoms. The van der Waals surface area contributed by atoms with Gasteiger partial charge < -0.3 is 5.11 Å². The van der Waals surface area contributed by atoms with Crippen molar-refractivity contribution >= 4 is 5.97 Å². The predicted molar refractivity (Wildman–Crippen MR) is 77.9 cm³/mol. The van der Waals surface area contributed by atoms with Crippen LogP contribution in [0, 0.1) is 0 Å². The van der Waals surface area contributed by atoms with Crippen molar-refractivity contribution in [2.45, 2.75) is 85.0 Å². The van der Waals surface area contributed by atoms with Gasteiger partial charge in [0.1, 0.15) is 0 Å². The van der Waals surface area contributed by atoms with E-state index in [-0.39, 0.29) is 6.42 Å². The Kier molecular flexibility index (Phi) is 10.8. The van der Waals surface area contributed by atoms with E-state index in [2.05, 4.69) is 13.8 Å². The molecule has 18 heavy (non-hydrogen) atoms. The van der Waals surface area contributed by atoms with Gasteiger partial charge in [0.05, 0.1) is 6.42 Å². The first kappa shape index (κ1) is 17.2. The molecule has 0 saturated carbocycles. The van der Waals surface area contributed by atoms with E-state index in [1.54, 1.807) is 0 Å². The van der Waals surface area contributed by atoms with Crippen LogP contribution in [0.25, 0.3) is 0 Å². The lowest BCUT2D eigenvalue weighted by Crippen LogP contribution is -1.97. The van der Waals surface area contributed by atoms with Crippen molar-refractivity contribution in [3.63, 3.8) is 0 Å². The topological polar surface area (TPSA) is 37.3 Å². The minimum atomic E-state index is -0.720. The normalized spacial score (nSPS) is 12.4. The molecule has 0 unspecified atom stereocenters. The van der Waals surface area contributed by atoms with Gasteiger partial charge in [-0.25, -0.2) is 0 Å². The average Bonchev–Trinajstić information content (AvgIpc) is 2.31. The molecule has 1 N–H and O–H groups in total. The second-order valence-corrected chi connectivity index (χ2v) is 5.36. The van der Waals surface area contributed by atoms with Gasteiger partial charge in [-0.05, 0) is 26.7 Å². The van der Waals surface area contributed by atoms with Gasteiger partial charge in [-0.2, -0.15) is 0 Å². The van der Waals surface area contributed by atoms with E-state index in [4.69, 9.17) is 5.11 Å². The molecule has 0 bridgehead atoms. The maximum atomic E-state index is 10.6. The summed E-state index contributed by atoms with van der Waals surface area (Å²) in [6, 6.07) is 0. The highest BCUT2D eigenvalue weighted by Gasteiger charge is 2.02. The first-order chi connectivity index (χ1) is 8.57. The highest BCUT2D eigenvalue weighted by atomic mass is 16.4. The number of allylic oxidation sites excluding steroid dienone is 1. The van der Waals surface area contributed by atoms with E-state index in [9.17, 15) is 4.79 Å². The number of unbranched alkanes of at least 4 members (excludes halogenated alkanes) is 7. The Balaban J connectivity index is 3.50. The van der Waals surface area contributed by atoms with Crippen LogP contribution >= 0.6 is 0 Å². The summed E-state index contributed by atoms with van der Waals surface area (Å²) in [6.45, 7) is 6.25. The number of carbonyl (C=O) groups is 1. The Morgan fingerprint density at radius 2 is 1.33 bits per heavy atom. The van der Waals surface area contributed by atoms with Crippen molar-refractivity contribution in [2.75, 3.05) is 0 Å². The van der Waals surface area contributed by atoms with E-state index in [0.717, 1.165) is 12.0 Å². The third kappa shape index (κ3) is 10.4. The van der Waals surface area contributed by atoms with Gasteiger partial charge >= 0.3 is 5.97 Å². The molecule has 0 aromatic rings. The minimum absolute atomic E-state index is 0.197. The van der Waals surface area contributed by atoms with Crippen molar-refractivity contribution in [3.8, 4) is 0 Å². The van der Waals surface area contributed by atoms with Crippen molar-refractivity contribution < 1.29 is 9.90 Å². The number of carboxylic acid groups (broad SMARTS) is 1. The van der Waals surface area contributed by atoms with Crippen molar-refractivity contribution in [2.24, 2.45) is 0 Å². The standard InChI is InChI=1S/C16H30O2/c1-4-5-6-7-8-9-10-11-12-14(2)15(3)13-16(17)18/h4-13H2,1-3H3,(H,17,18). The fourth-order valence-corrected chi connectivity index (χ4v) is 2.12. The maximum absolute atomic E-state index is 10.6. The molecule has 0 rings (SSSR count). The first-order valence-electron chi connectivity index (χ1n) is 7.45. The van der Waals surface area contributed by atoms with Crippen LogP contribution < -0.4 is 0 Å². The Morgan fingerprint density at radius 3 is 1.83 bits per heavy atom. The molecule has 0 saturated heterocycles. The first-order valence-corrected chi connectivity index (χ1v) is 7.45. The van der Waals surface area contributed by atoms with Gasteiger partial charge in [0.2, 0.25) is 0 Å². The van der Waals surface area contributed by atoms with Crippen LogP contribution in [0.4, 0.5) is 0 Å². The highest BCUT2D eigenvalue weighted by Crippen LogP contribution is 2.16. The number of carboxylic acids is 1. The molecule has 2 heteroatoms. The monoisotopic (exact) mass is 254 g/mol. The summed E-state index contributed by atoms with van der Waals surface area (Å²) in [6.07, 6.45) is 11.9. The number of aliphatic carboxylic acids is 1. The molecule has 0 aliphatic heterocycles. The fraction of sp³-hybridized carbons (Fsp3) is 0.812. The second-order valence-electron chi connectivity index (χ2n) is 5.36. The van der Waals surface area contributed by atoms with Crippen LogP contribution in [0.1, 0.15) is 85.0 Å². The lowest BCUT2D eigenvalue weighted by Gasteiger charge is -2.06. The summed E-state index contributed by atoms with van der Waals surface area (Å²) in [5.74, 6) is -0.720. The summed E-state index contributed by atoms with van der Waals surface area (Å²) in [5.41, 5.74) is 2.30. The van der Waals surface area contributed by atoms with Gasteiger partial charge in [-0.3, -0.25) is 4.79 Å². The van der Waals surface area contributed by atoms with Gasteiger partial charge in [0, 0.05) is 0 Å². The molecule has 106 valence electrons. The summed E-state index contributed by atoms with van der Waals surface area (Å²) >= 11 is 0. The van der Waals surface area contributed by atoms with Crippen LogP contribution in [0.3, 0.4) is 0 Å². The Morgan fingerprint density at radius 1 is 0.833 bits per heavy atom. The van der Waals surface area contributed by atoms with Crippen LogP contribution in [-0.2, 0) is 4.79 Å². The summed E-state index contributed by atoms with van der Waals surface area (Å²) in [7, 11) is 0. The van der Waals surface area contributed by atoms with Crippen molar-refractivity contribution in [3.05, 3.63) is 11.1 Å². The third-order valence-corrected chi connectivity index (χ3v) is 3.55.